The number of aryl methyl sites for hydroxylation is 1. The summed E-state index contributed by atoms with van der Waals surface area (Å²) in [5, 5.41) is 11.8. The van der Waals surface area contributed by atoms with Gasteiger partial charge >= 0.3 is 0 Å². The highest BCUT2D eigenvalue weighted by atomic mass is 32.2. The van der Waals surface area contributed by atoms with E-state index in [9.17, 15) is 13.2 Å². The minimum atomic E-state index is -3.58. The number of hydrogen-bond acceptors (Lipinski definition) is 4. The molecular formula is C21H25N3O3S. The number of nitriles is 1. The quantitative estimate of drug-likeness (QED) is 0.767. The van der Waals surface area contributed by atoms with Crippen LogP contribution >= 0.6 is 0 Å². The molecule has 0 aliphatic heterocycles. The number of hydrogen-bond donors (Lipinski definition) is 1. The summed E-state index contributed by atoms with van der Waals surface area (Å²) in [4.78, 5) is 12.4. The first kappa shape index (κ1) is 21.5. The molecule has 0 fully saturated rings. The second kappa shape index (κ2) is 8.89. The molecule has 0 heterocycles. The smallest absolute Gasteiger partial charge is 0.232 e. The number of anilines is 2. The molecule has 2 aromatic rings. The number of benzene rings is 2. The average Bonchev–Trinajstić information content (AvgIpc) is 2.62. The molecule has 148 valence electrons. The predicted octanol–water partition coefficient (Wildman–Crippen LogP) is 3.78. The van der Waals surface area contributed by atoms with Crippen LogP contribution in [0.2, 0.25) is 0 Å². The minimum Gasteiger partial charge on any atom is -0.325 e. The van der Waals surface area contributed by atoms with Gasteiger partial charge in [0.15, 0.2) is 0 Å². The number of amides is 1. The molecule has 0 aliphatic carbocycles. The zero-order valence-electron chi connectivity index (χ0n) is 16.6. The summed E-state index contributed by atoms with van der Waals surface area (Å²) in [6.07, 6.45) is 1.12. The first-order valence-electron chi connectivity index (χ1n) is 9.01. The second-order valence-corrected chi connectivity index (χ2v) is 8.86. The molecule has 6 nitrogen and oxygen atoms in total. The lowest BCUT2D eigenvalue weighted by atomic mass is 9.98. The molecule has 2 aromatic carbocycles. The van der Waals surface area contributed by atoms with Gasteiger partial charge < -0.3 is 5.32 Å². The number of para-hydroxylation sites is 2. The normalized spacial score (nSPS) is 11.1. The number of nitrogens with zero attached hydrogens (tertiary/aromatic N) is 2. The van der Waals surface area contributed by atoms with Crippen molar-refractivity contribution in [1.29, 1.82) is 5.26 Å². The van der Waals surface area contributed by atoms with Gasteiger partial charge in [-0.1, -0.05) is 44.2 Å². The Labute approximate surface area is 166 Å². The van der Waals surface area contributed by atoms with Crippen molar-refractivity contribution >= 4 is 27.3 Å². The van der Waals surface area contributed by atoms with Gasteiger partial charge in [-0.3, -0.25) is 9.10 Å². The molecule has 0 radical (unpaired) electrons. The van der Waals surface area contributed by atoms with Crippen LogP contribution in [0.5, 0.6) is 0 Å². The highest BCUT2D eigenvalue weighted by molar-refractivity contribution is 7.92. The summed E-state index contributed by atoms with van der Waals surface area (Å²) in [6, 6.07) is 14.4. The summed E-state index contributed by atoms with van der Waals surface area (Å²) in [5.74, 6) is -0.216. The SMILES string of the molecule is Cc1cccc(C(C)C)c1N(CCC(=O)Nc1ccccc1C#N)S(C)(=O)=O. The molecule has 0 saturated heterocycles. The third-order valence-electron chi connectivity index (χ3n) is 4.40. The molecule has 0 saturated carbocycles. The molecule has 0 unspecified atom stereocenters. The van der Waals surface area contributed by atoms with Crippen LogP contribution in [0.15, 0.2) is 42.5 Å². The molecular weight excluding hydrogens is 374 g/mol. The van der Waals surface area contributed by atoms with Crippen LogP contribution in [0.4, 0.5) is 11.4 Å². The van der Waals surface area contributed by atoms with Crippen molar-refractivity contribution in [2.75, 3.05) is 22.4 Å². The Morgan fingerprint density at radius 2 is 1.86 bits per heavy atom. The maximum atomic E-state index is 12.5. The zero-order valence-corrected chi connectivity index (χ0v) is 17.4. The van der Waals surface area contributed by atoms with Crippen molar-refractivity contribution in [3.8, 4) is 6.07 Å². The van der Waals surface area contributed by atoms with E-state index in [-0.39, 0.29) is 24.8 Å². The number of carbonyl (C=O) groups is 1. The van der Waals surface area contributed by atoms with Gasteiger partial charge in [-0.25, -0.2) is 8.42 Å². The Morgan fingerprint density at radius 1 is 1.18 bits per heavy atom. The van der Waals surface area contributed by atoms with Crippen molar-refractivity contribution in [3.05, 3.63) is 59.2 Å². The summed E-state index contributed by atoms with van der Waals surface area (Å²) >= 11 is 0. The first-order chi connectivity index (χ1) is 13.1. The molecule has 2 rings (SSSR count). The Hall–Kier alpha value is -2.85. The molecule has 0 atom stereocenters. The zero-order chi connectivity index (χ0) is 20.9. The monoisotopic (exact) mass is 399 g/mol. The standard InChI is InChI=1S/C21H25N3O3S/c1-15(2)18-10-7-8-16(3)21(18)24(28(4,26)27)13-12-20(25)23-19-11-6-5-9-17(19)14-22/h5-11,15H,12-13H2,1-4H3,(H,23,25). The van der Waals surface area contributed by atoms with Gasteiger partial charge in [0.2, 0.25) is 15.9 Å². The van der Waals surface area contributed by atoms with Gasteiger partial charge in [-0.2, -0.15) is 5.26 Å². The lowest BCUT2D eigenvalue weighted by Crippen LogP contribution is -2.34. The van der Waals surface area contributed by atoms with Crippen LogP contribution in [0.3, 0.4) is 0 Å². The Morgan fingerprint density at radius 3 is 2.46 bits per heavy atom. The van der Waals surface area contributed by atoms with Crippen molar-refractivity contribution in [3.63, 3.8) is 0 Å². The van der Waals surface area contributed by atoms with E-state index >= 15 is 0 Å². The number of nitrogens with one attached hydrogen (secondary N) is 1. The highest BCUT2D eigenvalue weighted by Gasteiger charge is 2.24. The van der Waals surface area contributed by atoms with Gasteiger partial charge in [0.05, 0.1) is 23.2 Å². The third-order valence-corrected chi connectivity index (χ3v) is 5.57. The number of sulfonamides is 1. The second-order valence-electron chi connectivity index (χ2n) is 6.96. The van der Waals surface area contributed by atoms with Crippen molar-refractivity contribution in [1.82, 2.24) is 0 Å². The van der Waals surface area contributed by atoms with E-state index < -0.39 is 10.0 Å². The fourth-order valence-electron chi connectivity index (χ4n) is 3.04. The largest absolute Gasteiger partial charge is 0.325 e. The maximum absolute atomic E-state index is 12.5. The van der Waals surface area contributed by atoms with E-state index in [1.165, 1.54) is 4.31 Å². The molecule has 1 amide bonds. The Kier molecular flexibility index (Phi) is 6.81. The minimum absolute atomic E-state index is 0.0178. The van der Waals surface area contributed by atoms with Crippen LogP contribution in [-0.4, -0.2) is 27.1 Å². The van der Waals surface area contributed by atoms with Crippen LogP contribution < -0.4 is 9.62 Å². The van der Waals surface area contributed by atoms with Gasteiger partial charge in [0, 0.05) is 13.0 Å². The van der Waals surface area contributed by atoms with Gasteiger partial charge in [-0.15, -0.1) is 0 Å². The molecule has 0 aliphatic rings. The van der Waals surface area contributed by atoms with Gasteiger partial charge in [0.25, 0.3) is 0 Å². The summed E-state index contributed by atoms with van der Waals surface area (Å²) in [5.41, 5.74) is 3.16. The van der Waals surface area contributed by atoms with E-state index in [1.807, 2.05) is 45.0 Å². The molecule has 7 heteroatoms. The Balaban J connectivity index is 2.26. The number of carbonyl (C=O) groups excluding carboxylic acids is 1. The van der Waals surface area contributed by atoms with Gasteiger partial charge in [-0.05, 0) is 36.1 Å². The van der Waals surface area contributed by atoms with Crippen LogP contribution in [0.25, 0.3) is 0 Å². The van der Waals surface area contributed by atoms with E-state index in [0.29, 0.717) is 16.9 Å². The lowest BCUT2D eigenvalue weighted by Gasteiger charge is -2.28. The van der Waals surface area contributed by atoms with Gasteiger partial charge in [0.1, 0.15) is 6.07 Å². The van der Waals surface area contributed by atoms with E-state index in [1.54, 1.807) is 24.3 Å². The van der Waals surface area contributed by atoms with Crippen molar-refractivity contribution in [2.24, 2.45) is 0 Å². The third kappa shape index (κ3) is 5.11. The van der Waals surface area contributed by atoms with Crippen molar-refractivity contribution in [2.45, 2.75) is 33.1 Å². The lowest BCUT2D eigenvalue weighted by molar-refractivity contribution is -0.116. The number of rotatable bonds is 7. The maximum Gasteiger partial charge on any atom is 0.232 e. The van der Waals surface area contributed by atoms with Crippen LogP contribution in [-0.2, 0) is 14.8 Å². The molecule has 1 N–H and O–H groups in total. The summed E-state index contributed by atoms with van der Waals surface area (Å²) in [7, 11) is -3.58. The summed E-state index contributed by atoms with van der Waals surface area (Å²) < 4.78 is 26.3. The fourth-order valence-corrected chi connectivity index (χ4v) is 4.04. The van der Waals surface area contributed by atoms with Crippen LogP contribution in [0.1, 0.15) is 42.9 Å². The topological polar surface area (TPSA) is 90.3 Å². The molecule has 0 aromatic heterocycles. The average molecular weight is 400 g/mol. The molecule has 0 spiro atoms. The summed E-state index contributed by atoms with van der Waals surface area (Å²) in [6.45, 7) is 5.89. The molecule has 0 bridgehead atoms. The first-order valence-corrected chi connectivity index (χ1v) is 10.9. The predicted molar refractivity (Wildman–Crippen MR) is 112 cm³/mol. The van der Waals surface area contributed by atoms with Crippen molar-refractivity contribution < 1.29 is 13.2 Å². The van der Waals surface area contributed by atoms with E-state index in [4.69, 9.17) is 5.26 Å². The van der Waals surface area contributed by atoms with E-state index in [0.717, 1.165) is 17.4 Å². The van der Waals surface area contributed by atoms with Crippen LogP contribution in [0, 0.1) is 18.3 Å². The molecule has 28 heavy (non-hydrogen) atoms. The Bertz CT molecular complexity index is 1010. The fraction of sp³-hybridized carbons (Fsp3) is 0.333. The highest BCUT2D eigenvalue weighted by Crippen LogP contribution is 2.32. The van der Waals surface area contributed by atoms with E-state index in [2.05, 4.69) is 5.32 Å².